The van der Waals surface area contributed by atoms with Gasteiger partial charge in [0.25, 0.3) is 0 Å². The van der Waals surface area contributed by atoms with E-state index in [4.69, 9.17) is 4.74 Å². The van der Waals surface area contributed by atoms with Gasteiger partial charge in [-0.3, -0.25) is 0 Å². The minimum atomic E-state index is -0.351. The lowest BCUT2D eigenvalue weighted by Crippen LogP contribution is -2.41. The highest BCUT2D eigenvalue weighted by atomic mass is 16.5. The predicted molar refractivity (Wildman–Crippen MR) is 41.8 cm³/mol. The first kappa shape index (κ1) is 7.86. The lowest BCUT2D eigenvalue weighted by Gasteiger charge is -2.18. The fourth-order valence-electron chi connectivity index (χ4n) is 2.00. The third-order valence-electron chi connectivity index (χ3n) is 2.59. The van der Waals surface area contributed by atoms with Crippen molar-refractivity contribution in [2.45, 2.75) is 37.5 Å². The van der Waals surface area contributed by atoms with Gasteiger partial charge in [-0.1, -0.05) is 0 Å². The maximum absolute atomic E-state index is 10.9. The van der Waals surface area contributed by atoms with Crippen LogP contribution in [-0.4, -0.2) is 31.5 Å². The highest BCUT2D eigenvalue weighted by molar-refractivity contribution is 5.67. The normalized spacial score (nSPS) is 38.2. The average molecular weight is 171 g/mol. The summed E-state index contributed by atoms with van der Waals surface area (Å²) in [5, 5.41) is 2.77. The molecule has 0 aromatic rings. The molecule has 2 heterocycles. The van der Waals surface area contributed by atoms with Crippen LogP contribution < -0.4 is 5.32 Å². The number of nitrogens with one attached hydrogen (secondary N) is 1. The predicted octanol–water partition coefficient (Wildman–Crippen LogP) is 0.662. The third-order valence-corrected chi connectivity index (χ3v) is 2.59. The van der Waals surface area contributed by atoms with Crippen LogP contribution in [0, 0.1) is 0 Å². The van der Waals surface area contributed by atoms with Crippen molar-refractivity contribution in [1.82, 2.24) is 5.32 Å². The largest absolute Gasteiger partial charge is 0.453 e. The van der Waals surface area contributed by atoms with E-state index in [9.17, 15) is 4.79 Å². The molecule has 2 aliphatic heterocycles. The standard InChI is InChI=1S/C8H13NO3/c1-11-8(10)9-6-4-5-2-3-7(6)12-5/h5-7H,2-4H2,1H3,(H,9,10). The van der Waals surface area contributed by atoms with Gasteiger partial charge in [-0.05, 0) is 19.3 Å². The second kappa shape index (κ2) is 2.94. The van der Waals surface area contributed by atoms with Crippen LogP contribution in [0.2, 0.25) is 0 Å². The first-order chi connectivity index (χ1) is 5.79. The van der Waals surface area contributed by atoms with Crippen molar-refractivity contribution in [3.8, 4) is 0 Å². The van der Waals surface area contributed by atoms with Crippen molar-refractivity contribution in [2.75, 3.05) is 7.11 Å². The lowest BCUT2D eigenvalue weighted by atomic mass is 9.96. The zero-order valence-corrected chi connectivity index (χ0v) is 7.08. The van der Waals surface area contributed by atoms with Crippen LogP contribution >= 0.6 is 0 Å². The zero-order chi connectivity index (χ0) is 8.55. The molecule has 68 valence electrons. The van der Waals surface area contributed by atoms with E-state index in [0.717, 1.165) is 19.3 Å². The summed E-state index contributed by atoms with van der Waals surface area (Å²) in [6, 6.07) is 0.177. The van der Waals surface area contributed by atoms with Crippen LogP contribution in [0.1, 0.15) is 19.3 Å². The Kier molecular flexibility index (Phi) is 1.92. The fourth-order valence-corrected chi connectivity index (χ4v) is 2.00. The molecule has 2 fully saturated rings. The molecule has 0 radical (unpaired) electrons. The SMILES string of the molecule is COC(=O)NC1CC2CCC1O2. The molecular weight excluding hydrogens is 158 g/mol. The number of amides is 1. The van der Waals surface area contributed by atoms with Crippen LogP contribution in [0.15, 0.2) is 0 Å². The Labute approximate surface area is 71.2 Å². The van der Waals surface area contributed by atoms with Crippen LogP contribution in [0.4, 0.5) is 4.79 Å². The Morgan fingerprint density at radius 2 is 2.42 bits per heavy atom. The molecule has 3 atom stereocenters. The van der Waals surface area contributed by atoms with Crippen molar-refractivity contribution >= 4 is 6.09 Å². The molecule has 0 aliphatic carbocycles. The van der Waals surface area contributed by atoms with E-state index in [0.29, 0.717) is 6.10 Å². The molecular formula is C8H13NO3. The van der Waals surface area contributed by atoms with Gasteiger partial charge in [0.2, 0.25) is 0 Å². The first-order valence-electron chi connectivity index (χ1n) is 4.29. The zero-order valence-electron chi connectivity index (χ0n) is 7.08. The van der Waals surface area contributed by atoms with Gasteiger partial charge in [-0.2, -0.15) is 0 Å². The van der Waals surface area contributed by atoms with Crippen molar-refractivity contribution in [2.24, 2.45) is 0 Å². The number of carbonyl (C=O) groups excluding carboxylic acids is 1. The van der Waals surface area contributed by atoms with Gasteiger partial charge in [0, 0.05) is 0 Å². The number of fused-ring (bicyclic) bond motifs is 2. The average Bonchev–Trinajstić information content (AvgIpc) is 2.64. The number of carbonyl (C=O) groups is 1. The van der Waals surface area contributed by atoms with Crippen molar-refractivity contribution in [3.63, 3.8) is 0 Å². The Morgan fingerprint density at radius 3 is 2.92 bits per heavy atom. The van der Waals surface area contributed by atoms with Crippen LogP contribution in [-0.2, 0) is 9.47 Å². The monoisotopic (exact) mass is 171 g/mol. The van der Waals surface area contributed by atoms with E-state index in [1.165, 1.54) is 7.11 Å². The molecule has 0 spiro atoms. The molecule has 0 saturated carbocycles. The van der Waals surface area contributed by atoms with Gasteiger partial charge in [0.1, 0.15) is 0 Å². The number of hydrogen-bond acceptors (Lipinski definition) is 3. The highest BCUT2D eigenvalue weighted by Gasteiger charge is 2.41. The first-order valence-corrected chi connectivity index (χ1v) is 4.29. The van der Waals surface area contributed by atoms with Crippen LogP contribution in [0.3, 0.4) is 0 Å². The second-order valence-corrected chi connectivity index (χ2v) is 3.35. The summed E-state index contributed by atoms with van der Waals surface area (Å²) in [7, 11) is 1.38. The molecule has 4 nitrogen and oxygen atoms in total. The molecule has 1 N–H and O–H groups in total. The van der Waals surface area contributed by atoms with E-state index in [-0.39, 0.29) is 18.2 Å². The minimum absolute atomic E-state index is 0.177. The Balaban J connectivity index is 1.86. The summed E-state index contributed by atoms with van der Waals surface area (Å²) in [5.74, 6) is 0. The third kappa shape index (κ3) is 1.27. The van der Waals surface area contributed by atoms with Crippen LogP contribution in [0.5, 0.6) is 0 Å². The summed E-state index contributed by atoms with van der Waals surface area (Å²) < 4.78 is 10.1. The maximum Gasteiger partial charge on any atom is 0.407 e. The second-order valence-electron chi connectivity index (χ2n) is 3.35. The van der Waals surface area contributed by atoms with Gasteiger partial charge in [0.05, 0.1) is 25.4 Å². The molecule has 0 aromatic carbocycles. The molecule has 12 heavy (non-hydrogen) atoms. The minimum Gasteiger partial charge on any atom is -0.453 e. The topological polar surface area (TPSA) is 47.6 Å². The Hall–Kier alpha value is -0.770. The molecule has 1 amide bonds. The number of alkyl carbamates (subject to hydrolysis) is 1. The maximum atomic E-state index is 10.9. The van der Waals surface area contributed by atoms with Crippen LogP contribution in [0.25, 0.3) is 0 Å². The van der Waals surface area contributed by atoms with Crippen molar-refractivity contribution in [3.05, 3.63) is 0 Å². The molecule has 3 unspecified atom stereocenters. The summed E-state index contributed by atoms with van der Waals surface area (Å²) in [5.41, 5.74) is 0. The number of rotatable bonds is 1. The fraction of sp³-hybridized carbons (Fsp3) is 0.875. The van der Waals surface area contributed by atoms with Gasteiger partial charge in [-0.25, -0.2) is 4.79 Å². The summed E-state index contributed by atoms with van der Waals surface area (Å²) in [4.78, 5) is 10.9. The lowest BCUT2D eigenvalue weighted by molar-refractivity contribution is 0.0954. The highest BCUT2D eigenvalue weighted by Crippen LogP contribution is 2.34. The molecule has 0 aromatic heterocycles. The Morgan fingerprint density at radius 1 is 1.58 bits per heavy atom. The van der Waals surface area contributed by atoms with E-state index < -0.39 is 0 Å². The summed E-state index contributed by atoms with van der Waals surface area (Å²) >= 11 is 0. The Bertz CT molecular complexity index is 195. The van der Waals surface area contributed by atoms with Gasteiger partial charge in [0.15, 0.2) is 0 Å². The molecule has 4 heteroatoms. The quantitative estimate of drug-likeness (QED) is 0.630. The number of methoxy groups -OCH3 is 1. The van der Waals surface area contributed by atoms with E-state index in [1.54, 1.807) is 0 Å². The number of ether oxygens (including phenoxy) is 2. The van der Waals surface area contributed by atoms with Gasteiger partial charge < -0.3 is 14.8 Å². The van der Waals surface area contributed by atoms with Gasteiger partial charge >= 0.3 is 6.09 Å². The summed E-state index contributed by atoms with van der Waals surface area (Å²) in [6.07, 6.45) is 3.41. The van der Waals surface area contributed by atoms with Gasteiger partial charge in [-0.15, -0.1) is 0 Å². The van der Waals surface area contributed by atoms with E-state index in [1.807, 2.05) is 0 Å². The van der Waals surface area contributed by atoms with Crippen molar-refractivity contribution < 1.29 is 14.3 Å². The number of hydrogen-bond donors (Lipinski definition) is 1. The van der Waals surface area contributed by atoms with Crippen molar-refractivity contribution in [1.29, 1.82) is 0 Å². The smallest absolute Gasteiger partial charge is 0.407 e. The summed E-state index contributed by atoms with van der Waals surface area (Å²) in [6.45, 7) is 0. The van der Waals surface area contributed by atoms with E-state index in [2.05, 4.69) is 10.1 Å². The molecule has 2 saturated heterocycles. The van der Waals surface area contributed by atoms with E-state index >= 15 is 0 Å². The molecule has 2 rings (SSSR count). The molecule has 2 aliphatic rings. The molecule has 2 bridgehead atoms.